The number of fused-ring (bicyclic) bond motifs is 1. The van der Waals surface area contributed by atoms with Crippen molar-refractivity contribution in [2.45, 2.75) is 13.0 Å². The highest BCUT2D eigenvalue weighted by Gasteiger charge is 2.20. The van der Waals surface area contributed by atoms with Crippen molar-refractivity contribution in [2.75, 3.05) is 11.9 Å². The van der Waals surface area contributed by atoms with E-state index in [4.69, 9.17) is 9.47 Å². The first-order valence-electron chi connectivity index (χ1n) is 8.80. The summed E-state index contributed by atoms with van der Waals surface area (Å²) in [5.41, 5.74) is 0.342. The average Bonchev–Trinajstić information content (AvgIpc) is 2.72. The molecule has 1 amide bonds. The number of ether oxygens (including phenoxy) is 2. The second-order valence-electron chi connectivity index (χ2n) is 6.16. The number of para-hydroxylation sites is 2. The van der Waals surface area contributed by atoms with Crippen LogP contribution in [-0.2, 0) is 14.3 Å². The van der Waals surface area contributed by atoms with E-state index in [1.807, 2.05) is 36.4 Å². The number of nitro benzene ring substituents is 1. The number of nitro groups is 1. The molecule has 0 aromatic heterocycles. The fourth-order valence-corrected chi connectivity index (χ4v) is 2.72. The standard InChI is InChI=1S/C21H18N2O6/c1-14(21(25)22-17-10-6-8-15-7-2-3-9-16(15)17)29-20(24)13-28-19-12-5-4-11-18(19)23(26)27/h2-12,14H,13H2,1H3,(H,22,25). The van der Waals surface area contributed by atoms with Gasteiger partial charge in [0.1, 0.15) is 0 Å². The van der Waals surface area contributed by atoms with Gasteiger partial charge in [-0.15, -0.1) is 0 Å². The molecule has 8 nitrogen and oxygen atoms in total. The maximum Gasteiger partial charge on any atom is 0.344 e. The van der Waals surface area contributed by atoms with Crippen molar-refractivity contribution in [1.29, 1.82) is 0 Å². The Hall–Kier alpha value is -3.94. The number of amides is 1. The van der Waals surface area contributed by atoms with E-state index in [-0.39, 0.29) is 11.4 Å². The van der Waals surface area contributed by atoms with E-state index in [0.29, 0.717) is 5.69 Å². The predicted octanol–water partition coefficient (Wildman–Crippen LogP) is 3.70. The first-order valence-corrected chi connectivity index (χ1v) is 8.80. The minimum absolute atomic E-state index is 0.0534. The molecular weight excluding hydrogens is 376 g/mol. The van der Waals surface area contributed by atoms with Crippen LogP contribution in [0.15, 0.2) is 66.7 Å². The Morgan fingerprint density at radius 2 is 1.72 bits per heavy atom. The summed E-state index contributed by atoms with van der Waals surface area (Å²) in [7, 11) is 0. The monoisotopic (exact) mass is 394 g/mol. The van der Waals surface area contributed by atoms with Crippen molar-refractivity contribution in [1.82, 2.24) is 0 Å². The number of anilines is 1. The van der Waals surface area contributed by atoms with Crippen LogP contribution < -0.4 is 10.1 Å². The van der Waals surface area contributed by atoms with Crippen LogP contribution in [0.4, 0.5) is 11.4 Å². The van der Waals surface area contributed by atoms with Crippen LogP contribution in [0.1, 0.15) is 6.92 Å². The maximum absolute atomic E-state index is 12.4. The van der Waals surface area contributed by atoms with Gasteiger partial charge in [-0.25, -0.2) is 4.79 Å². The quantitative estimate of drug-likeness (QED) is 0.372. The zero-order chi connectivity index (χ0) is 20.8. The lowest BCUT2D eigenvalue weighted by atomic mass is 10.1. The summed E-state index contributed by atoms with van der Waals surface area (Å²) < 4.78 is 10.2. The summed E-state index contributed by atoms with van der Waals surface area (Å²) in [6.07, 6.45) is -1.07. The van der Waals surface area contributed by atoms with Crippen molar-refractivity contribution in [3.63, 3.8) is 0 Å². The Morgan fingerprint density at radius 1 is 1.03 bits per heavy atom. The van der Waals surface area contributed by atoms with Gasteiger partial charge >= 0.3 is 11.7 Å². The van der Waals surface area contributed by atoms with Crippen molar-refractivity contribution < 1.29 is 24.0 Å². The molecule has 29 heavy (non-hydrogen) atoms. The first kappa shape index (κ1) is 19.8. The zero-order valence-electron chi connectivity index (χ0n) is 15.5. The van der Waals surface area contributed by atoms with Crippen LogP contribution in [0.2, 0.25) is 0 Å². The van der Waals surface area contributed by atoms with Gasteiger partial charge in [0, 0.05) is 17.1 Å². The van der Waals surface area contributed by atoms with Crippen molar-refractivity contribution in [3.05, 3.63) is 76.8 Å². The third kappa shape index (κ3) is 4.86. The largest absolute Gasteiger partial charge is 0.475 e. The third-order valence-electron chi connectivity index (χ3n) is 4.13. The molecule has 0 aliphatic rings. The van der Waals surface area contributed by atoms with E-state index in [2.05, 4.69) is 5.32 Å². The van der Waals surface area contributed by atoms with Gasteiger partial charge in [0.25, 0.3) is 5.91 Å². The summed E-state index contributed by atoms with van der Waals surface area (Å²) in [4.78, 5) is 34.7. The SMILES string of the molecule is CC(OC(=O)COc1ccccc1[N+](=O)[O-])C(=O)Nc1cccc2ccccc12. The van der Waals surface area contributed by atoms with Gasteiger partial charge in [0.2, 0.25) is 0 Å². The number of carbonyl (C=O) groups is 2. The minimum Gasteiger partial charge on any atom is -0.475 e. The molecular formula is C21H18N2O6. The fourth-order valence-electron chi connectivity index (χ4n) is 2.72. The molecule has 0 aliphatic carbocycles. The number of carbonyl (C=O) groups excluding carboxylic acids is 2. The van der Waals surface area contributed by atoms with Crippen LogP contribution in [0.25, 0.3) is 10.8 Å². The third-order valence-corrected chi connectivity index (χ3v) is 4.13. The topological polar surface area (TPSA) is 108 Å². The average molecular weight is 394 g/mol. The molecule has 3 rings (SSSR count). The highest BCUT2D eigenvalue weighted by molar-refractivity contribution is 6.03. The minimum atomic E-state index is -1.07. The van der Waals surface area contributed by atoms with Crippen LogP contribution in [0.5, 0.6) is 5.75 Å². The molecule has 0 heterocycles. The highest BCUT2D eigenvalue weighted by atomic mass is 16.6. The molecule has 1 atom stereocenters. The Labute approximate surface area is 166 Å². The van der Waals surface area contributed by atoms with Crippen molar-refractivity contribution in [3.8, 4) is 5.75 Å². The van der Waals surface area contributed by atoms with Gasteiger partial charge in [0.05, 0.1) is 4.92 Å². The zero-order valence-corrected chi connectivity index (χ0v) is 15.5. The van der Waals surface area contributed by atoms with Crippen LogP contribution >= 0.6 is 0 Å². The van der Waals surface area contributed by atoms with Crippen LogP contribution in [0, 0.1) is 10.1 Å². The number of rotatable bonds is 7. The first-order chi connectivity index (χ1) is 14.0. The number of nitrogens with one attached hydrogen (secondary N) is 1. The number of nitrogens with zero attached hydrogens (tertiary/aromatic N) is 1. The molecule has 3 aromatic carbocycles. The summed E-state index contributed by atoms with van der Waals surface area (Å²) in [6.45, 7) is 0.875. The van der Waals surface area contributed by atoms with Gasteiger partial charge in [-0.3, -0.25) is 14.9 Å². The number of esters is 1. The van der Waals surface area contributed by atoms with E-state index < -0.39 is 29.5 Å². The second-order valence-corrected chi connectivity index (χ2v) is 6.16. The molecule has 0 spiro atoms. The number of hydrogen-bond donors (Lipinski definition) is 1. The van der Waals surface area contributed by atoms with E-state index in [9.17, 15) is 19.7 Å². The summed E-state index contributed by atoms with van der Waals surface area (Å²) in [5.74, 6) is -1.37. The number of hydrogen-bond acceptors (Lipinski definition) is 6. The summed E-state index contributed by atoms with van der Waals surface area (Å²) in [5, 5.41) is 15.5. The number of benzene rings is 3. The summed E-state index contributed by atoms with van der Waals surface area (Å²) in [6, 6.07) is 18.7. The van der Waals surface area contributed by atoms with Crippen molar-refractivity contribution in [2.24, 2.45) is 0 Å². The Morgan fingerprint density at radius 3 is 2.52 bits per heavy atom. The lowest BCUT2D eigenvalue weighted by molar-refractivity contribution is -0.385. The molecule has 0 aliphatic heterocycles. The molecule has 0 saturated carbocycles. The Balaban J connectivity index is 1.58. The molecule has 0 radical (unpaired) electrons. The molecule has 0 saturated heterocycles. The molecule has 0 fully saturated rings. The van der Waals surface area contributed by atoms with E-state index in [1.54, 1.807) is 12.1 Å². The van der Waals surface area contributed by atoms with Gasteiger partial charge in [-0.1, -0.05) is 48.5 Å². The van der Waals surface area contributed by atoms with Crippen LogP contribution in [0.3, 0.4) is 0 Å². The highest BCUT2D eigenvalue weighted by Crippen LogP contribution is 2.26. The van der Waals surface area contributed by atoms with Crippen LogP contribution in [-0.4, -0.2) is 29.5 Å². The molecule has 1 unspecified atom stereocenters. The molecule has 0 bridgehead atoms. The molecule has 3 aromatic rings. The van der Waals surface area contributed by atoms with Gasteiger partial charge in [-0.2, -0.15) is 0 Å². The second kappa shape index (κ2) is 8.83. The predicted molar refractivity (Wildman–Crippen MR) is 107 cm³/mol. The summed E-state index contributed by atoms with van der Waals surface area (Å²) >= 11 is 0. The molecule has 8 heteroatoms. The fraction of sp³-hybridized carbons (Fsp3) is 0.143. The molecule has 148 valence electrons. The van der Waals surface area contributed by atoms with Gasteiger partial charge < -0.3 is 14.8 Å². The van der Waals surface area contributed by atoms with Gasteiger partial charge in [-0.05, 0) is 24.4 Å². The van der Waals surface area contributed by atoms with E-state index >= 15 is 0 Å². The van der Waals surface area contributed by atoms with Crippen molar-refractivity contribution >= 4 is 34.0 Å². The van der Waals surface area contributed by atoms with E-state index in [1.165, 1.54) is 25.1 Å². The normalized spacial score (nSPS) is 11.5. The maximum atomic E-state index is 12.4. The smallest absolute Gasteiger partial charge is 0.344 e. The molecule has 1 N–H and O–H groups in total. The van der Waals surface area contributed by atoms with E-state index in [0.717, 1.165) is 10.8 Å². The lowest BCUT2D eigenvalue weighted by Crippen LogP contribution is -2.31. The Bertz CT molecular complexity index is 1060. The Kier molecular flexibility index (Phi) is 6.03. The van der Waals surface area contributed by atoms with Gasteiger partial charge in [0.15, 0.2) is 18.5 Å². The lowest BCUT2D eigenvalue weighted by Gasteiger charge is -2.15.